The summed E-state index contributed by atoms with van der Waals surface area (Å²) in [7, 11) is 1.75. The first kappa shape index (κ1) is 14.2. The summed E-state index contributed by atoms with van der Waals surface area (Å²) in [5.74, 6) is 5.70. The summed E-state index contributed by atoms with van der Waals surface area (Å²) in [5, 5.41) is 0. The topological polar surface area (TPSA) is 47.3 Å². The molecule has 1 aromatic carbocycles. The Hall–Kier alpha value is -0.900. The third-order valence-corrected chi connectivity index (χ3v) is 3.41. The van der Waals surface area contributed by atoms with E-state index in [1.54, 1.807) is 7.11 Å². The Bertz CT molecular complexity index is 352. The lowest BCUT2D eigenvalue weighted by Crippen LogP contribution is -2.38. The number of hydrogen-bond acceptors (Lipinski definition) is 3. The highest BCUT2D eigenvalue weighted by Gasteiger charge is 2.22. The van der Waals surface area contributed by atoms with Crippen molar-refractivity contribution in [2.24, 2.45) is 5.84 Å². The Morgan fingerprint density at radius 3 is 2.59 bits per heavy atom. The summed E-state index contributed by atoms with van der Waals surface area (Å²) in [5.41, 5.74) is 6.70. The Labute approximate surface area is 104 Å². The molecule has 0 fully saturated rings. The van der Waals surface area contributed by atoms with Crippen molar-refractivity contribution in [2.45, 2.75) is 45.8 Å². The van der Waals surface area contributed by atoms with E-state index >= 15 is 0 Å². The van der Waals surface area contributed by atoms with Crippen LogP contribution in [0.4, 0.5) is 0 Å². The van der Waals surface area contributed by atoms with Crippen LogP contribution in [0, 0.1) is 13.8 Å². The molecule has 0 bridgehead atoms. The molecule has 1 aromatic rings. The molecular formula is C14H24N2O. The van der Waals surface area contributed by atoms with Gasteiger partial charge in [0.1, 0.15) is 0 Å². The van der Waals surface area contributed by atoms with Crippen molar-refractivity contribution in [2.75, 3.05) is 7.11 Å². The Morgan fingerprint density at radius 1 is 1.35 bits per heavy atom. The van der Waals surface area contributed by atoms with Gasteiger partial charge in [-0.3, -0.25) is 11.3 Å². The highest BCUT2D eigenvalue weighted by Crippen LogP contribution is 2.26. The molecule has 0 aliphatic heterocycles. The monoisotopic (exact) mass is 236 g/mol. The minimum Gasteiger partial charge on any atom is -0.379 e. The van der Waals surface area contributed by atoms with Crippen molar-refractivity contribution in [3.8, 4) is 0 Å². The van der Waals surface area contributed by atoms with Gasteiger partial charge in [-0.25, -0.2) is 0 Å². The van der Waals surface area contributed by atoms with Crippen molar-refractivity contribution < 1.29 is 4.74 Å². The molecule has 0 radical (unpaired) electrons. The van der Waals surface area contributed by atoms with Crippen LogP contribution in [0.5, 0.6) is 0 Å². The van der Waals surface area contributed by atoms with Gasteiger partial charge < -0.3 is 4.74 Å². The van der Waals surface area contributed by atoms with E-state index in [1.165, 1.54) is 16.7 Å². The van der Waals surface area contributed by atoms with Crippen LogP contribution in [0.15, 0.2) is 18.2 Å². The molecule has 0 aliphatic carbocycles. The lowest BCUT2D eigenvalue weighted by molar-refractivity contribution is 0.0604. The molecule has 0 saturated carbocycles. The average molecular weight is 236 g/mol. The largest absolute Gasteiger partial charge is 0.379 e. The van der Waals surface area contributed by atoms with E-state index < -0.39 is 0 Å². The van der Waals surface area contributed by atoms with Gasteiger partial charge in [0.15, 0.2) is 0 Å². The molecule has 0 saturated heterocycles. The predicted octanol–water partition coefficient (Wildman–Crippen LogP) is 2.62. The minimum absolute atomic E-state index is 0.0554. The normalized spacial score (nSPS) is 14.6. The highest BCUT2D eigenvalue weighted by atomic mass is 16.5. The van der Waals surface area contributed by atoms with Gasteiger partial charge >= 0.3 is 0 Å². The van der Waals surface area contributed by atoms with Crippen LogP contribution in [0.2, 0.25) is 0 Å². The molecule has 3 N–H and O–H groups in total. The van der Waals surface area contributed by atoms with Gasteiger partial charge in [-0.1, -0.05) is 31.5 Å². The summed E-state index contributed by atoms with van der Waals surface area (Å²) in [6.45, 7) is 6.41. The van der Waals surface area contributed by atoms with Gasteiger partial charge in [0.25, 0.3) is 0 Å². The maximum Gasteiger partial charge on any atom is 0.0778 e. The number of ether oxygens (including phenoxy) is 1. The number of benzene rings is 1. The van der Waals surface area contributed by atoms with Crippen LogP contribution in [0.25, 0.3) is 0 Å². The molecule has 2 atom stereocenters. The van der Waals surface area contributed by atoms with Gasteiger partial charge in [-0.15, -0.1) is 0 Å². The second kappa shape index (κ2) is 6.74. The Balaban J connectivity index is 3.03. The average Bonchev–Trinajstić information content (AvgIpc) is 2.34. The van der Waals surface area contributed by atoms with E-state index in [1.807, 2.05) is 0 Å². The van der Waals surface area contributed by atoms with Gasteiger partial charge in [0.05, 0.1) is 12.1 Å². The molecule has 1 rings (SSSR count). The fourth-order valence-corrected chi connectivity index (χ4v) is 2.21. The van der Waals surface area contributed by atoms with Gasteiger partial charge in [-0.05, 0) is 37.0 Å². The van der Waals surface area contributed by atoms with Crippen molar-refractivity contribution in [3.05, 3.63) is 34.9 Å². The minimum atomic E-state index is 0.0554. The fraction of sp³-hybridized carbons (Fsp3) is 0.571. The molecule has 3 nitrogen and oxygen atoms in total. The zero-order valence-electron chi connectivity index (χ0n) is 11.3. The van der Waals surface area contributed by atoms with Crippen molar-refractivity contribution in [1.29, 1.82) is 0 Å². The smallest absolute Gasteiger partial charge is 0.0778 e. The van der Waals surface area contributed by atoms with Crippen molar-refractivity contribution in [3.63, 3.8) is 0 Å². The predicted molar refractivity (Wildman–Crippen MR) is 71.7 cm³/mol. The van der Waals surface area contributed by atoms with Crippen LogP contribution < -0.4 is 11.3 Å². The fourth-order valence-electron chi connectivity index (χ4n) is 2.21. The molecule has 2 unspecified atom stereocenters. The van der Waals surface area contributed by atoms with Crippen LogP contribution in [-0.4, -0.2) is 13.2 Å². The quantitative estimate of drug-likeness (QED) is 0.589. The summed E-state index contributed by atoms with van der Waals surface area (Å²) in [6.07, 6.45) is 2.20. The lowest BCUT2D eigenvalue weighted by atomic mass is 9.93. The number of nitrogens with two attached hydrogens (primary N) is 1. The number of methoxy groups -OCH3 is 1. The van der Waals surface area contributed by atoms with Crippen LogP contribution >= 0.6 is 0 Å². The first-order chi connectivity index (χ1) is 8.15. The molecule has 0 spiro atoms. The number of hydrazine groups is 1. The number of nitrogens with one attached hydrogen (secondary N) is 1. The number of hydrogen-bond donors (Lipinski definition) is 2. The van der Waals surface area contributed by atoms with Crippen molar-refractivity contribution in [1.82, 2.24) is 5.43 Å². The Morgan fingerprint density at radius 2 is 2.06 bits per heavy atom. The third-order valence-electron chi connectivity index (χ3n) is 3.41. The van der Waals surface area contributed by atoms with Crippen molar-refractivity contribution >= 4 is 0 Å². The molecule has 0 aliphatic rings. The zero-order valence-corrected chi connectivity index (χ0v) is 11.3. The standard InChI is InChI=1S/C14H24N2O/c1-5-7-13(17-4)14(16-15)12-9-6-8-10(2)11(12)3/h6,8-9,13-14,16H,5,7,15H2,1-4H3. The molecule has 0 heterocycles. The number of rotatable bonds is 6. The molecule has 0 aromatic heterocycles. The van der Waals surface area contributed by atoms with Crippen LogP contribution in [0.3, 0.4) is 0 Å². The maximum atomic E-state index is 5.70. The van der Waals surface area contributed by atoms with E-state index in [9.17, 15) is 0 Å². The first-order valence-corrected chi connectivity index (χ1v) is 6.20. The van der Waals surface area contributed by atoms with Gasteiger partial charge in [0, 0.05) is 7.11 Å². The molecule has 0 amide bonds. The van der Waals surface area contributed by atoms with E-state index in [4.69, 9.17) is 10.6 Å². The van der Waals surface area contributed by atoms with E-state index in [0.717, 1.165) is 12.8 Å². The zero-order chi connectivity index (χ0) is 12.8. The van der Waals surface area contributed by atoms with Crippen LogP contribution in [0.1, 0.15) is 42.5 Å². The molecule has 17 heavy (non-hydrogen) atoms. The van der Waals surface area contributed by atoms with Gasteiger partial charge in [-0.2, -0.15) is 0 Å². The first-order valence-electron chi connectivity index (χ1n) is 6.20. The molecular weight excluding hydrogens is 212 g/mol. The van der Waals surface area contributed by atoms with E-state index in [-0.39, 0.29) is 12.1 Å². The molecule has 96 valence electrons. The summed E-state index contributed by atoms with van der Waals surface area (Å²) < 4.78 is 5.55. The summed E-state index contributed by atoms with van der Waals surface area (Å²) >= 11 is 0. The van der Waals surface area contributed by atoms with E-state index in [2.05, 4.69) is 44.4 Å². The van der Waals surface area contributed by atoms with Gasteiger partial charge in [0.2, 0.25) is 0 Å². The van der Waals surface area contributed by atoms with Crippen LogP contribution in [-0.2, 0) is 4.74 Å². The SMILES string of the molecule is CCCC(OC)C(NN)c1cccc(C)c1C. The Kier molecular flexibility index (Phi) is 5.62. The third kappa shape index (κ3) is 3.28. The van der Waals surface area contributed by atoms with E-state index in [0.29, 0.717) is 0 Å². The molecule has 3 heteroatoms. The highest BCUT2D eigenvalue weighted by molar-refractivity contribution is 5.35. The second-order valence-corrected chi connectivity index (χ2v) is 4.50. The summed E-state index contributed by atoms with van der Waals surface area (Å²) in [6, 6.07) is 6.36. The second-order valence-electron chi connectivity index (χ2n) is 4.50. The lowest BCUT2D eigenvalue weighted by Gasteiger charge is -2.27. The number of aryl methyl sites for hydroxylation is 1. The maximum absolute atomic E-state index is 5.70. The summed E-state index contributed by atoms with van der Waals surface area (Å²) in [4.78, 5) is 0.